The molecule has 198 valence electrons. The van der Waals surface area contributed by atoms with E-state index in [0.29, 0.717) is 24.9 Å². The molecular weight excluding hydrogens is 501 g/mol. The standard InChI is InChI=1S/C26H31ClFN5O4/c1-15(25(36)31-13-16-2-5-19(6-3-16)24(29)30)32-26(37)22-12-18(14-33(22)9-8-23(34)35)10-17-4-7-21(28)20(27)11-17/h2-7,11,15,18,22H,8-10,12-14H2,1H3,(H3,29,30)(H,31,36)(H,32,37)(H,34,35)/t15?,18-,22+/m0/s1. The second-order valence-corrected chi connectivity index (χ2v) is 9.67. The number of carboxylic acids is 1. The van der Waals surface area contributed by atoms with Crippen LogP contribution in [-0.4, -0.2) is 58.8 Å². The van der Waals surface area contributed by atoms with Gasteiger partial charge < -0.3 is 21.5 Å². The number of hydrogen-bond donors (Lipinski definition) is 5. The number of halogens is 2. The fourth-order valence-corrected chi connectivity index (χ4v) is 4.63. The van der Waals surface area contributed by atoms with Crippen molar-refractivity contribution < 1.29 is 23.9 Å². The number of carbonyl (C=O) groups is 3. The summed E-state index contributed by atoms with van der Waals surface area (Å²) < 4.78 is 13.5. The number of benzene rings is 2. The van der Waals surface area contributed by atoms with Gasteiger partial charge in [-0.3, -0.25) is 24.7 Å². The number of amidine groups is 1. The Balaban J connectivity index is 1.58. The van der Waals surface area contributed by atoms with Gasteiger partial charge in [-0.2, -0.15) is 0 Å². The zero-order chi connectivity index (χ0) is 27.1. The Morgan fingerprint density at radius 1 is 1.22 bits per heavy atom. The Bertz CT molecular complexity index is 1160. The van der Waals surface area contributed by atoms with Crippen LogP contribution in [0.25, 0.3) is 0 Å². The van der Waals surface area contributed by atoms with Gasteiger partial charge in [0, 0.05) is 25.2 Å². The topological polar surface area (TPSA) is 149 Å². The average molecular weight is 532 g/mol. The molecule has 1 unspecified atom stereocenters. The largest absolute Gasteiger partial charge is 0.481 e. The van der Waals surface area contributed by atoms with Crippen molar-refractivity contribution >= 4 is 35.2 Å². The third kappa shape index (κ3) is 7.99. The van der Waals surface area contributed by atoms with E-state index < -0.39 is 23.9 Å². The molecule has 0 saturated carbocycles. The molecule has 2 aromatic rings. The summed E-state index contributed by atoms with van der Waals surface area (Å²) in [7, 11) is 0. The van der Waals surface area contributed by atoms with Crippen molar-refractivity contribution in [3.05, 3.63) is 70.0 Å². The zero-order valence-electron chi connectivity index (χ0n) is 20.5. The molecule has 2 aromatic carbocycles. The van der Waals surface area contributed by atoms with Gasteiger partial charge in [0.05, 0.1) is 17.5 Å². The number of nitrogens with one attached hydrogen (secondary N) is 3. The number of carbonyl (C=O) groups excluding carboxylic acids is 2. The first-order chi connectivity index (χ1) is 17.5. The molecule has 0 bridgehead atoms. The van der Waals surface area contributed by atoms with E-state index >= 15 is 0 Å². The number of likely N-dealkylation sites (tertiary alicyclic amines) is 1. The Morgan fingerprint density at radius 2 is 1.89 bits per heavy atom. The summed E-state index contributed by atoms with van der Waals surface area (Å²) in [4.78, 5) is 38.6. The number of nitrogens with zero attached hydrogens (tertiary/aromatic N) is 1. The van der Waals surface area contributed by atoms with Crippen molar-refractivity contribution in [2.24, 2.45) is 11.7 Å². The second kappa shape index (κ2) is 12.6. The van der Waals surface area contributed by atoms with E-state index in [1.54, 1.807) is 43.3 Å². The van der Waals surface area contributed by atoms with Crippen LogP contribution in [0.4, 0.5) is 4.39 Å². The van der Waals surface area contributed by atoms with Gasteiger partial charge in [-0.25, -0.2) is 4.39 Å². The average Bonchev–Trinajstić information content (AvgIpc) is 3.26. The Hall–Kier alpha value is -3.50. The van der Waals surface area contributed by atoms with Crippen LogP contribution in [0, 0.1) is 17.1 Å². The lowest BCUT2D eigenvalue weighted by atomic mass is 9.96. The third-order valence-electron chi connectivity index (χ3n) is 6.40. The first kappa shape index (κ1) is 28.1. The summed E-state index contributed by atoms with van der Waals surface area (Å²) >= 11 is 5.90. The van der Waals surface area contributed by atoms with E-state index in [1.807, 2.05) is 4.90 Å². The Kier molecular flexibility index (Phi) is 9.60. The van der Waals surface area contributed by atoms with Crippen molar-refractivity contribution in [3.63, 3.8) is 0 Å². The summed E-state index contributed by atoms with van der Waals surface area (Å²) in [5, 5.41) is 22.1. The maximum Gasteiger partial charge on any atom is 0.304 e. The monoisotopic (exact) mass is 531 g/mol. The lowest BCUT2D eigenvalue weighted by Gasteiger charge is -2.24. The van der Waals surface area contributed by atoms with Crippen LogP contribution in [0.2, 0.25) is 5.02 Å². The minimum atomic E-state index is -0.961. The number of aliphatic carboxylic acids is 1. The molecule has 0 aromatic heterocycles. The van der Waals surface area contributed by atoms with Crippen molar-refractivity contribution in [3.8, 4) is 0 Å². The number of carboxylic acid groups (broad SMARTS) is 1. The quantitative estimate of drug-likeness (QED) is 0.222. The van der Waals surface area contributed by atoms with E-state index in [2.05, 4.69) is 10.6 Å². The third-order valence-corrected chi connectivity index (χ3v) is 6.69. The number of nitrogen functional groups attached to an aromatic ring is 1. The molecule has 9 nitrogen and oxygen atoms in total. The van der Waals surface area contributed by atoms with Gasteiger partial charge in [-0.05, 0) is 48.9 Å². The van der Waals surface area contributed by atoms with Crippen LogP contribution < -0.4 is 16.4 Å². The molecule has 6 N–H and O–H groups in total. The van der Waals surface area contributed by atoms with Gasteiger partial charge in [-0.15, -0.1) is 0 Å². The molecule has 11 heteroatoms. The minimum Gasteiger partial charge on any atom is -0.481 e. The fourth-order valence-electron chi connectivity index (χ4n) is 4.42. The molecule has 1 aliphatic rings. The van der Waals surface area contributed by atoms with Gasteiger partial charge in [0.15, 0.2) is 0 Å². The highest BCUT2D eigenvalue weighted by Gasteiger charge is 2.37. The van der Waals surface area contributed by atoms with Crippen LogP contribution in [0.3, 0.4) is 0 Å². The maximum absolute atomic E-state index is 13.5. The van der Waals surface area contributed by atoms with Crippen LogP contribution >= 0.6 is 11.6 Å². The van der Waals surface area contributed by atoms with E-state index in [-0.39, 0.29) is 48.1 Å². The molecular formula is C26H31ClFN5O4. The molecule has 3 atom stereocenters. The lowest BCUT2D eigenvalue weighted by Crippen LogP contribution is -2.51. The first-order valence-corrected chi connectivity index (χ1v) is 12.3. The summed E-state index contributed by atoms with van der Waals surface area (Å²) in [6.45, 7) is 2.52. The molecule has 0 aliphatic carbocycles. The van der Waals surface area contributed by atoms with Crippen molar-refractivity contribution in [1.29, 1.82) is 5.41 Å². The SMILES string of the molecule is CC(NC(=O)[C@H]1C[C@H](Cc2ccc(F)c(Cl)c2)CN1CCC(=O)O)C(=O)NCc1ccc(C(=N)N)cc1. The Labute approximate surface area is 219 Å². The normalized spacial score (nSPS) is 18.2. The van der Waals surface area contributed by atoms with Crippen molar-refractivity contribution in [2.45, 2.75) is 44.8 Å². The van der Waals surface area contributed by atoms with E-state index in [9.17, 15) is 18.8 Å². The van der Waals surface area contributed by atoms with Gasteiger partial charge >= 0.3 is 5.97 Å². The van der Waals surface area contributed by atoms with Crippen LogP contribution in [0.5, 0.6) is 0 Å². The predicted octanol–water partition coefficient (Wildman–Crippen LogP) is 2.29. The highest BCUT2D eigenvalue weighted by atomic mass is 35.5. The number of rotatable bonds is 11. The summed E-state index contributed by atoms with van der Waals surface area (Å²) in [6, 6.07) is 10.0. The van der Waals surface area contributed by atoms with Crippen molar-refractivity contribution in [2.75, 3.05) is 13.1 Å². The van der Waals surface area contributed by atoms with Gasteiger partial charge in [0.1, 0.15) is 17.7 Å². The van der Waals surface area contributed by atoms with Crippen molar-refractivity contribution in [1.82, 2.24) is 15.5 Å². The highest BCUT2D eigenvalue weighted by molar-refractivity contribution is 6.30. The molecule has 1 saturated heterocycles. The van der Waals surface area contributed by atoms with Gasteiger partial charge in [0.25, 0.3) is 0 Å². The Morgan fingerprint density at radius 3 is 2.51 bits per heavy atom. The highest BCUT2D eigenvalue weighted by Crippen LogP contribution is 2.28. The zero-order valence-corrected chi connectivity index (χ0v) is 21.2. The molecule has 2 amide bonds. The maximum atomic E-state index is 13.5. The van der Waals surface area contributed by atoms with Crippen LogP contribution in [-0.2, 0) is 27.3 Å². The van der Waals surface area contributed by atoms with E-state index in [4.69, 9.17) is 27.9 Å². The molecule has 1 aliphatic heterocycles. The molecule has 37 heavy (non-hydrogen) atoms. The second-order valence-electron chi connectivity index (χ2n) is 9.27. The molecule has 1 fully saturated rings. The van der Waals surface area contributed by atoms with E-state index in [1.165, 1.54) is 6.07 Å². The number of amides is 2. The summed E-state index contributed by atoms with van der Waals surface area (Å²) in [5.74, 6) is -2.18. The molecule has 0 radical (unpaired) electrons. The van der Waals surface area contributed by atoms with Crippen LogP contribution in [0.15, 0.2) is 42.5 Å². The minimum absolute atomic E-state index is 0.0298. The first-order valence-electron chi connectivity index (χ1n) is 11.9. The number of nitrogens with two attached hydrogens (primary N) is 1. The van der Waals surface area contributed by atoms with Gasteiger partial charge in [-0.1, -0.05) is 41.9 Å². The van der Waals surface area contributed by atoms with E-state index in [0.717, 1.165) is 11.1 Å². The molecule has 3 rings (SSSR count). The molecule has 1 heterocycles. The summed E-state index contributed by atoms with van der Waals surface area (Å²) in [6.07, 6.45) is 0.917. The fraction of sp³-hybridized carbons (Fsp3) is 0.385. The van der Waals surface area contributed by atoms with Gasteiger partial charge in [0.2, 0.25) is 11.8 Å². The molecule has 0 spiro atoms. The van der Waals surface area contributed by atoms with Crippen LogP contribution in [0.1, 0.15) is 36.5 Å². The lowest BCUT2D eigenvalue weighted by molar-refractivity contribution is -0.138. The smallest absolute Gasteiger partial charge is 0.304 e. The predicted molar refractivity (Wildman–Crippen MR) is 138 cm³/mol. The number of hydrogen-bond acceptors (Lipinski definition) is 5. The summed E-state index contributed by atoms with van der Waals surface area (Å²) in [5.41, 5.74) is 7.68.